The number of methoxy groups -OCH3 is 1. The Morgan fingerprint density at radius 3 is 2.65 bits per heavy atom. The number of carbonyl (C=O) groups excluding carboxylic acids is 1. The molecule has 2 aromatic rings. The van der Waals surface area contributed by atoms with Crippen LogP contribution in [0.4, 0.5) is 4.39 Å². The summed E-state index contributed by atoms with van der Waals surface area (Å²) < 4.78 is 18.9. The molecule has 2 aromatic carbocycles. The van der Waals surface area contributed by atoms with Crippen molar-refractivity contribution in [3.05, 3.63) is 65.5 Å². The highest BCUT2D eigenvalue weighted by atomic mass is 19.1. The van der Waals surface area contributed by atoms with Gasteiger partial charge in [0.2, 0.25) is 5.91 Å². The first kappa shape index (κ1) is 15.2. The molecule has 0 spiro atoms. The summed E-state index contributed by atoms with van der Waals surface area (Å²) in [7, 11) is 1.60. The Morgan fingerprint density at radius 1 is 1.22 bits per heavy atom. The molecule has 23 heavy (non-hydrogen) atoms. The maximum atomic E-state index is 13.8. The molecule has 1 aliphatic heterocycles. The van der Waals surface area contributed by atoms with Crippen LogP contribution in [-0.2, 0) is 11.2 Å². The van der Waals surface area contributed by atoms with Crippen molar-refractivity contribution in [2.45, 2.75) is 12.8 Å². The Morgan fingerprint density at radius 2 is 1.96 bits per heavy atom. The fourth-order valence-electron chi connectivity index (χ4n) is 2.53. The van der Waals surface area contributed by atoms with Gasteiger partial charge < -0.3 is 4.74 Å². The monoisotopic (exact) mass is 312 g/mol. The van der Waals surface area contributed by atoms with Crippen molar-refractivity contribution in [2.24, 2.45) is 5.10 Å². The van der Waals surface area contributed by atoms with Crippen molar-refractivity contribution in [1.29, 1.82) is 0 Å². The Balaban J connectivity index is 1.70. The second-order valence-electron chi connectivity index (χ2n) is 5.32. The van der Waals surface area contributed by atoms with Crippen LogP contribution in [0.25, 0.3) is 0 Å². The zero-order chi connectivity index (χ0) is 16.2. The molecule has 0 unspecified atom stereocenters. The first-order valence-corrected chi connectivity index (χ1v) is 7.43. The molecule has 1 heterocycles. The molecule has 0 aromatic heterocycles. The zero-order valence-electron chi connectivity index (χ0n) is 12.8. The molecular weight excluding hydrogens is 295 g/mol. The van der Waals surface area contributed by atoms with Crippen LogP contribution in [0, 0.1) is 5.82 Å². The van der Waals surface area contributed by atoms with Crippen LogP contribution in [0.1, 0.15) is 17.5 Å². The number of benzene rings is 2. The number of amides is 1. The Labute approximate surface area is 134 Å². The second-order valence-corrected chi connectivity index (χ2v) is 5.32. The number of nitrogens with zero attached hydrogens (tertiary/aromatic N) is 2. The Hall–Kier alpha value is -2.69. The quantitative estimate of drug-likeness (QED) is 0.871. The van der Waals surface area contributed by atoms with Gasteiger partial charge in [-0.2, -0.15) is 5.10 Å². The van der Waals surface area contributed by atoms with Gasteiger partial charge in [-0.3, -0.25) is 4.79 Å². The molecule has 0 N–H and O–H groups in total. The average Bonchev–Trinajstić information content (AvgIpc) is 3.06. The SMILES string of the molecule is COc1ccc(CC(=O)N2CCC(c3ccccc3F)=N2)cc1. The highest BCUT2D eigenvalue weighted by Gasteiger charge is 2.23. The zero-order valence-corrected chi connectivity index (χ0v) is 12.8. The summed E-state index contributed by atoms with van der Waals surface area (Å²) >= 11 is 0. The van der Waals surface area contributed by atoms with Crippen LogP contribution in [0.2, 0.25) is 0 Å². The molecule has 3 rings (SSSR count). The maximum absolute atomic E-state index is 13.8. The summed E-state index contributed by atoms with van der Waals surface area (Å²) in [5.74, 6) is 0.347. The van der Waals surface area contributed by atoms with Crippen LogP contribution in [0.3, 0.4) is 0 Å². The molecule has 0 fully saturated rings. The predicted octanol–water partition coefficient (Wildman–Crippen LogP) is 3.01. The van der Waals surface area contributed by atoms with Crippen molar-refractivity contribution in [3.8, 4) is 5.75 Å². The minimum absolute atomic E-state index is 0.0958. The molecule has 0 saturated heterocycles. The number of hydrazone groups is 1. The van der Waals surface area contributed by atoms with Gasteiger partial charge in [-0.25, -0.2) is 9.40 Å². The lowest BCUT2D eigenvalue weighted by molar-refractivity contribution is -0.130. The summed E-state index contributed by atoms with van der Waals surface area (Å²) in [5, 5.41) is 5.71. The van der Waals surface area contributed by atoms with Gasteiger partial charge in [0.15, 0.2) is 0 Å². The van der Waals surface area contributed by atoms with Gasteiger partial charge in [0.25, 0.3) is 0 Å². The molecule has 118 valence electrons. The number of ether oxygens (including phenoxy) is 1. The number of hydrogen-bond acceptors (Lipinski definition) is 3. The van der Waals surface area contributed by atoms with Crippen molar-refractivity contribution in [2.75, 3.05) is 13.7 Å². The largest absolute Gasteiger partial charge is 0.497 e. The molecule has 0 radical (unpaired) electrons. The third kappa shape index (κ3) is 3.39. The summed E-state index contributed by atoms with van der Waals surface area (Å²) in [6.45, 7) is 0.485. The standard InChI is InChI=1S/C18H17FN2O2/c1-23-14-8-6-13(7-9-14)12-18(22)21-11-10-17(20-21)15-4-2-3-5-16(15)19/h2-9H,10-12H2,1H3. The number of rotatable bonds is 4. The van der Waals surface area contributed by atoms with Gasteiger partial charge in [-0.05, 0) is 23.8 Å². The first-order chi connectivity index (χ1) is 11.2. The van der Waals surface area contributed by atoms with E-state index in [4.69, 9.17) is 4.74 Å². The van der Waals surface area contributed by atoms with Crippen LogP contribution in [-0.4, -0.2) is 30.3 Å². The van der Waals surface area contributed by atoms with Gasteiger partial charge in [0.1, 0.15) is 11.6 Å². The Bertz CT molecular complexity index is 741. The molecule has 1 aliphatic rings. The van der Waals surface area contributed by atoms with Gasteiger partial charge in [0.05, 0.1) is 25.8 Å². The van der Waals surface area contributed by atoms with Crippen LogP contribution < -0.4 is 4.74 Å². The topological polar surface area (TPSA) is 41.9 Å². The lowest BCUT2D eigenvalue weighted by Gasteiger charge is -2.11. The summed E-state index contributed by atoms with van der Waals surface area (Å²) in [4.78, 5) is 12.3. The van der Waals surface area contributed by atoms with Gasteiger partial charge >= 0.3 is 0 Å². The molecular formula is C18H17FN2O2. The van der Waals surface area contributed by atoms with Crippen molar-refractivity contribution >= 4 is 11.6 Å². The highest BCUT2D eigenvalue weighted by molar-refractivity contribution is 6.02. The van der Waals surface area contributed by atoms with E-state index in [0.717, 1.165) is 11.3 Å². The van der Waals surface area contributed by atoms with E-state index in [1.807, 2.05) is 24.3 Å². The summed E-state index contributed by atoms with van der Waals surface area (Å²) in [6.07, 6.45) is 0.827. The van der Waals surface area contributed by atoms with E-state index in [0.29, 0.717) is 24.2 Å². The van der Waals surface area contributed by atoms with Gasteiger partial charge in [-0.15, -0.1) is 0 Å². The van der Waals surface area contributed by atoms with E-state index < -0.39 is 0 Å². The van der Waals surface area contributed by atoms with Crippen molar-refractivity contribution in [1.82, 2.24) is 5.01 Å². The number of hydrogen-bond donors (Lipinski definition) is 0. The third-order valence-electron chi connectivity index (χ3n) is 3.79. The molecule has 4 nitrogen and oxygen atoms in total. The van der Waals surface area contributed by atoms with E-state index in [-0.39, 0.29) is 18.1 Å². The third-order valence-corrected chi connectivity index (χ3v) is 3.79. The fourth-order valence-corrected chi connectivity index (χ4v) is 2.53. The van der Waals surface area contributed by atoms with E-state index in [1.54, 1.807) is 25.3 Å². The molecule has 5 heteroatoms. The lowest BCUT2D eigenvalue weighted by Crippen LogP contribution is -2.25. The van der Waals surface area contributed by atoms with Crippen LogP contribution in [0.5, 0.6) is 5.75 Å². The van der Waals surface area contributed by atoms with E-state index in [9.17, 15) is 9.18 Å². The molecule has 0 saturated carbocycles. The van der Waals surface area contributed by atoms with E-state index in [2.05, 4.69) is 5.10 Å². The number of halogens is 1. The highest BCUT2D eigenvalue weighted by Crippen LogP contribution is 2.18. The first-order valence-electron chi connectivity index (χ1n) is 7.43. The normalized spacial score (nSPS) is 13.8. The molecule has 0 atom stereocenters. The van der Waals surface area contributed by atoms with Gasteiger partial charge in [0, 0.05) is 12.0 Å². The molecule has 0 bridgehead atoms. The lowest BCUT2D eigenvalue weighted by atomic mass is 10.1. The smallest absolute Gasteiger partial charge is 0.247 e. The minimum Gasteiger partial charge on any atom is -0.497 e. The molecule has 0 aliphatic carbocycles. The number of carbonyl (C=O) groups is 1. The maximum Gasteiger partial charge on any atom is 0.247 e. The Kier molecular flexibility index (Phi) is 4.37. The minimum atomic E-state index is -0.310. The van der Waals surface area contributed by atoms with E-state index >= 15 is 0 Å². The van der Waals surface area contributed by atoms with Crippen molar-refractivity contribution < 1.29 is 13.9 Å². The van der Waals surface area contributed by atoms with Crippen LogP contribution in [0.15, 0.2) is 53.6 Å². The van der Waals surface area contributed by atoms with Crippen LogP contribution >= 0.6 is 0 Å². The average molecular weight is 312 g/mol. The fraction of sp³-hybridized carbons (Fsp3) is 0.222. The second kappa shape index (κ2) is 6.60. The predicted molar refractivity (Wildman–Crippen MR) is 86.0 cm³/mol. The van der Waals surface area contributed by atoms with Gasteiger partial charge in [-0.1, -0.05) is 30.3 Å². The van der Waals surface area contributed by atoms with Crippen molar-refractivity contribution in [3.63, 3.8) is 0 Å². The summed E-state index contributed by atoms with van der Waals surface area (Å²) in [6, 6.07) is 13.8. The molecule has 1 amide bonds. The van der Waals surface area contributed by atoms with E-state index in [1.165, 1.54) is 11.1 Å². The summed E-state index contributed by atoms with van der Waals surface area (Å²) in [5.41, 5.74) is 1.98.